The van der Waals surface area contributed by atoms with Gasteiger partial charge in [0.25, 0.3) is 0 Å². The predicted molar refractivity (Wildman–Crippen MR) is 79.3 cm³/mol. The summed E-state index contributed by atoms with van der Waals surface area (Å²) in [7, 11) is 0. The first kappa shape index (κ1) is 12.4. The Morgan fingerprint density at radius 2 is 2.16 bits per heavy atom. The molecule has 0 amide bonds. The Kier molecular flexibility index (Phi) is 3.36. The van der Waals surface area contributed by atoms with Crippen molar-refractivity contribution < 1.29 is 4.42 Å². The lowest BCUT2D eigenvalue weighted by Gasteiger charge is -2.04. The number of fused-ring (bicyclic) bond motifs is 1. The molecule has 0 aliphatic carbocycles. The summed E-state index contributed by atoms with van der Waals surface area (Å²) in [6, 6.07) is 8.54. The molecule has 0 atom stereocenters. The van der Waals surface area contributed by atoms with Crippen LogP contribution in [-0.4, -0.2) is 11.0 Å². The smallest absolute Gasteiger partial charge is 0.134 e. The molecule has 3 rings (SSSR count). The van der Waals surface area contributed by atoms with Crippen LogP contribution in [0.15, 0.2) is 41.1 Å². The lowest BCUT2D eigenvalue weighted by molar-refractivity contribution is 0.593. The summed E-state index contributed by atoms with van der Waals surface area (Å²) >= 11 is 1.71. The zero-order valence-corrected chi connectivity index (χ0v) is 11.8. The Morgan fingerprint density at radius 3 is 3.00 bits per heavy atom. The van der Waals surface area contributed by atoms with Crippen LogP contribution in [0.25, 0.3) is 21.5 Å². The molecule has 4 heteroatoms. The number of nitrogens with zero attached hydrogens (tertiary/aromatic N) is 1. The van der Waals surface area contributed by atoms with Crippen LogP contribution in [0.5, 0.6) is 0 Å². The molecule has 0 radical (unpaired) electrons. The fourth-order valence-corrected chi connectivity index (χ4v) is 2.84. The normalized spacial score (nSPS) is 11.5. The maximum atomic E-state index is 5.56. The molecule has 0 spiro atoms. The van der Waals surface area contributed by atoms with Crippen molar-refractivity contribution in [3.05, 3.63) is 41.6 Å². The number of hydrogen-bond donors (Lipinski definition) is 1. The Bertz CT molecular complexity index is 684. The first-order valence-electron chi connectivity index (χ1n) is 6.39. The minimum Gasteiger partial charge on any atom is -0.464 e. The number of nitrogens with one attached hydrogen (secondary N) is 1. The highest BCUT2D eigenvalue weighted by Crippen LogP contribution is 2.33. The molecule has 19 heavy (non-hydrogen) atoms. The molecule has 1 aromatic carbocycles. The van der Waals surface area contributed by atoms with Gasteiger partial charge in [0.15, 0.2) is 0 Å². The molecule has 0 aliphatic rings. The minimum atomic E-state index is 0.486. The highest BCUT2D eigenvalue weighted by atomic mass is 32.1. The second kappa shape index (κ2) is 5.15. The molecule has 2 aromatic heterocycles. The Labute approximate surface area is 116 Å². The van der Waals surface area contributed by atoms with Crippen molar-refractivity contribution in [1.82, 2.24) is 10.3 Å². The van der Waals surface area contributed by atoms with Gasteiger partial charge in [-0.2, -0.15) is 0 Å². The molecule has 3 nitrogen and oxygen atoms in total. The summed E-state index contributed by atoms with van der Waals surface area (Å²) in [5.41, 5.74) is 1.99. The number of aromatic nitrogens is 1. The molecule has 3 aromatic rings. The molecule has 0 unspecified atom stereocenters. The summed E-state index contributed by atoms with van der Waals surface area (Å²) in [5, 5.41) is 5.55. The van der Waals surface area contributed by atoms with Crippen LogP contribution in [0.4, 0.5) is 0 Å². The van der Waals surface area contributed by atoms with Crippen LogP contribution in [0.3, 0.4) is 0 Å². The highest BCUT2D eigenvalue weighted by Gasteiger charge is 2.11. The molecule has 0 saturated heterocycles. The summed E-state index contributed by atoms with van der Waals surface area (Å²) in [6.07, 6.45) is 3.74. The molecule has 0 fully saturated rings. The Balaban J connectivity index is 1.90. The lowest BCUT2D eigenvalue weighted by Crippen LogP contribution is -2.21. The van der Waals surface area contributed by atoms with E-state index in [0.29, 0.717) is 6.04 Å². The number of benzene rings is 1. The zero-order chi connectivity index (χ0) is 13.2. The number of thiazole rings is 1. The third-order valence-electron chi connectivity index (χ3n) is 2.95. The molecule has 0 bridgehead atoms. The van der Waals surface area contributed by atoms with E-state index >= 15 is 0 Å². The van der Waals surface area contributed by atoms with E-state index in [9.17, 15) is 0 Å². The van der Waals surface area contributed by atoms with Gasteiger partial charge in [-0.1, -0.05) is 32.0 Å². The van der Waals surface area contributed by atoms with Gasteiger partial charge in [0.2, 0.25) is 0 Å². The first-order chi connectivity index (χ1) is 9.24. The van der Waals surface area contributed by atoms with E-state index in [1.165, 1.54) is 4.88 Å². The van der Waals surface area contributed by atoms with E-state index < -0.39 is 0 Å². The second-order valence-corrected chi connectivity index (χ2v) is 5.93. The molecule has 0 saturated carbocycles. The number of furan rings is 1. The third-order valence-corrected chi connectivity index (χ3v) is 3.98. The van der Waals surface area contributed by atoms with Crippen LogP contribution in [0.2, 0.25) is 0 Å². The molecular weight excluding hydrogens is 256 g/mol. The van der Waals surface area contributed by atoms with Gasteiger partial charge in [-0.25, -0.2) is 4.98 Å². The Hall–Kier alpha value is -1.65. The maximum Gasteiger partial charge on any atom is 0.134 e. The summed E-state index contributed by atoms with van der Waals surface area (Å²) in [4.78, 5) is 5.75. The fourth-order valence-electron chi connectivity index (χ4n) is 1.96. The average molecular weight is 272 g/mol. The van der Waals surface area contributed by atoms with Gasteiger partial charge in [0, 0.05) is 29.0 Å². The van der Waals surface area contributed by atoms with Gasteiger partial charge in [-0.3, -0.25) is 0 Å². The van der Waals surface area contributed by atoms with Crippen molar-refractivity contribution in [2.45, 2.75) is 26.4 Å². The maximum absolute atomic E-state index is 5.56. The molecular formula is C15H16N2OS. The van der Waals surface area contributed by atoms with Gasteiger partial charge in [-0.15, -0.1) is 11.3 Å². The van der Waals surface area contributed by atoms with Crippen molar-refractivity contribution >= 4 is 22.3 Å². The second-order valence-electron chi connectivity index (χ2n) is 4.81. The van der Waals surface area contributed by atoms with Crippen LogP contribution in [-0.2, 0) is 6.54 Å². The van der Waals surface area contributed by atoms with Crippen molar-refractivity contribution in [3.8, 4) is 10.6 Å². The zero-order valence-electron chi connectivity index (χ0n) is 11.0. The van der Waals surface area contributed by atoms with Crippen LogP contribution in [0, 0.1) is 0 Å². The summed E-state index contributed by atoms with van der Waals surface area (Å²) < 4.78 is 5.56. The monoisotopic (exact) mass is 272 g/mol. The lowest BCUT2D eigenvalue weighted by atomic mass is 10.2. The SMILES string of the molecule is CC(C)NCc1cnc(-c2coc3ccccc23)s1. The first-order valence-corrected chi connectivity index (χ1v) is 7.20. The highest BCUT2D eigenvalue weighted by molar-refractivity contribution is 7.15. The van der Waals surface area contributed by atoms with Gasteiger partial charge in [-0.05, 0) is 6.07 Å². The number of hydrogen-bond acceptors (Lipinski definition) is 4. The summed E-state index contributed by atoms with van der Waals surface area (Å²) in [5.74, 6) is 0. The molecule has 98 valence electrons. The van der Waals surface area contributed by atoms with Crippen molar-refractivity contribution in [3.63, 3.8) is 0 Å². The third kappa shape index (κ3) is 2.55. The Morgan fingerprint density at radius 1 is 1.32 bits per heavy atom. The van der Waals surface area contributed by atoms with Crippen molar-refractivity contribution in [2.24, 2.45) is 0 Å². The van der Waals surface area contributed by atoms with Crippen molar-refractivity contribution in [2.75, 3.05) is 0 Å². The van der Waals surface area contributed by atoms with E-state index in [4.69, 9.17) is 4.42 Å². The predicted octanol–water partition coefficient (Wildman–Crippen LogP) is 4.05. The van der Waals surface area contributed by atoms with Crippen LogP contribution >= 0.6 is 11.3 Å². The minimum absolute atomic E-state index is 0.486. The fraction of sp³-hybridized carbons (Fsp3) is 0.267. The van der Waals surface area contributed by atoms with E-state index in [1.54, 1.807) is 17.6 Å². The molecule has 0 aliphatic heterocycles. The average Bonchev–Trinajstić information content (AvgIpc) is 3.02. The van der Waals surface area contributed by atoms with Crippen LogP contribution in [0.1, 0.15) is 18.7 Å². The van der Waals surface area contributed by atoms with E-state index in [0.717, 1.165) is 28.1 Å². The van der Waals surface area contributed by atoms with Gasteiger partial charge in [0.05, 0.1) is 5.56 Å². The number of rotatable bonds is 4. The summed E-state index contributed by atoms with van der Waals surface area (Å²) in [6.45, 7) is 5.15. The number of para-hydroxylation sites is 1. The van der Waals surface area contributed by atoms with E-state index in [2.05, 4.69) is 30.2 Å². The van der Waals surface area contributed by atoms with Gasteiger partial charge in [0.1, 0.15) is 16.9 Å². The largest absolute Gasteiger partial charge is 0.464 e. The van der Waals surface area contributed by atoms with E-state index in [1.807, 2.05) is 24.4 Å². The standard InChI is InChI=1S/C15H16N2OS/c1-10(2)16-7-11-8-17-15(19-11)13-9-18-14-6-4-3-5-12(13)14/h3-6,8-10,16H,7H2,1-2H3. The molecule has 1 N–H and O–H groups in total. The molecule has 2 heterocycles. The quantitative estimate of drug-likeness (QED) is 0.778. The van der Waals surface area contributed by atoms with E-state index in [-0.39, 0.29) is 0 Å². The van der Waals surface area contributed by atoms with Crippen molar-refractivity contribution in [1.29, 1.82) is 0 Å². The van der Waals surface area contributed by atoms with Crippen LogP contribution < -0.4 is 5.32 Å². The van der Waals surface area contributed by atoms with Gasteiger partial charge >= 0.3 is 0 Å². The topological polar surface area (TPSA) is 38.1 Å². The van der Waals surface area contributed by atoms with Gasteiger partial charge < -0.3 is 9.73 Å².